The number of nitrogens with one attached hydrogen (secondary N) is 1. The minimum Gasteiger partial charge on any atom is -0.310 e. The molecule has 0 amide bonds. The van der Waals surface area contributed by atoms with Crippen molar-refractivity contribution < 1.29 is 0 Å². The highest BCUT2D eigenvalue weighted by Crippen LogP contribution is 2.19. The number of nitrogens with zero attached hydrogens (tertiary/aromatic N) is 4. The van der Waals surface area contributed by atoms with Crippen LogP contribution in [0.1, 0.15) is 29.8 Å². The van der Waals surface area contributed by atoms with Crippen molar-refractivity contribution in [2.24, 2.45) is 0 Å². The van der Waals surface area contributed by atoms with E-state index in [0.717, 1.165) is 23.5 Å². The van der Waals surface area contributed by atoms with E-state index in [-0.39, 0.29) is 0 Å². The molecule has 0 bridgehead atoms. The monoisotopic (exact) mass is 243 g/mol. The molecule has 2 aromatic heterocycles. The second kappa shape index (κ2) is 4.49. The first-order valence-electron chi connectivity index (χ1n) is 6.29. The Bertz CT molecular complexity index is 539. The van der Waals surface area contributed by atoms with E-state index in [9.17, 15) is 0 Å². The van der Waals surface area contributed by atoms with Gasteiger partial charge in [0.15, 0.2) is 0 Å². The second-order valence-electron chi connectivity index (χ2n) is 4.83. The molecule has 5 heteroatoms. The molecule has 0 unspecified atom stereocenters. The van der Waals surface area contributed by atoms with E-state index >= 15 is 0 Å². The van der Waals surface area contributed by atoms with E-state index in [4.69, 9.17) is 0 Å². The molecule has 2 heterocycles. The van der Waals surface area contributed by atoms with Gasteiger partial charge in [-0.25, -0.2) is 15.0 Å². The summed E-state index contributed by atoms with van der Waals surface area (Å²) in [5.74, 6) is 0.684. The predicted molar refractivity (Wildman–Crippen MR) is 68.5 cm³/mol. The Morgan fingerprint density at radius 2 is 1.94 bits per heavy atom. The Morgan fingerprint density at radius 3 is 2.50 bits per heavy atom. The van der Waals surface area contributed by atoms with Crippen LogP contribution in [0.4, 0.5) is 0 Å². The standard InChI is InChI=1S/C13H17N5/c1-9-10(2)18(8-17-9)13-15-6-11(7-16-13)5-14-12-3-4-12/h6-8,12,14H,3-5H2,1-2H3. The summed E-state index contributed by atoms with van der Waals surface area (Å²) in [4.78, 5) is 13.0. The molecule has 0 aromatic carbocycles. The van der Waals surface area contributed by atoms with E-state index in [1.807, 2.05) is 30.8 Å². The normalized spacial score (nSPS) is 15.0. The maximum Gasteiger partial charge on any atom is 0.235 e. The molecule has 1 fully saturated rings. The Hall–Kier alpha value is -1.75. The average molecular weight is 243 g/mol. The average Bonchev–Trinajstić information content (AvgIpc) is 3.16. The first-order chi connectivity index (χ1) is 8.74. The van der Waals surface area contributed by atoms with Crippen LogP contribution < -0.4 is 5.32 Å². The van der Waals surface area contributed by atoms with Crippen LogP contribution in [0, 0.1) is 13.8 Å². The zero-order valence-corrected chi connectivity index (χ0v) is 10.7. The van der Waals surface area contributed by atoms with E-state index in [2.05, 4.69) is 20.3 Å². The van der Waals surface area contributed by atoms with Gasteiger partial charge in [-0.15, -0.1) is 0 Å². The van der Waals surface area contributed by atoms with Gasteiger partial charge in [0.25, 0.3) is 0 Å². The van der Waals surface area contributed by atoms with Crippen molar-refractivity contribution >= 4 is 0 Å². The lowest BCUT2D eigenvalue weighted by Crippen LogP contribution is -2.16. The van der Waals surface area contributed by atoms with Crippen LogP contribution in [0.15, 0.2) is 18.7 Å². The summed E-state index contributed by atoms with van der Waals surface area (Å²) in [5.41, 5.74) is 3.22. The topological polar surface area (TPSA) is 55.6 Å². The molecule has 1 aliphatic rings. The molecule has 1 aliphatic carbocycles. The van der Waals surface area contributed by atoms with Crippen LogP contribution in [0.5, 0.6) is 0 Å². The molecule has 3 rings (SSSR count). The number of rotatable bonds is 4. The molecule has 18 heavy (non-hydrogen) atoms. The first kappa shape index (κ1) is 11.3. The summed E-state index contributed by atoms with van der Waals surface area (Å²) in [6.07, 6.45) is 8.12. The van der Waals surface area contributed by atoms with Crippen molar-refractivity contribution in [2.75, 3.05) is 0 Å². The fourth-order valence-electron chi connectivity index (χ4n) is 1.81. The lowest BCUT2D eigenvalue weighted by Gasteiger charge is -2.05. The molecule has 0 saturated heterocycles. The first-order valence-corrected chi connectivity index (χ1v) is 6.29. The van der Waals surface area contributed by atoms with Gasteiger partial charge in [0.05, 0.1) is 5.69 Å². The highest BCUT2D eigenvalue weighted by molar-refractivity contribution is 5.22. The van der Waals surface area contributed by atoms with Crippen LogP contribution >= 0.6 is 0 Å². The largest absolute Gasteiger partial charge is 0.310 e. The Balaban J connectivity index is 1.75. The minimum atomic E-state index is 0.684. The molecule has 1 saturated carbocycles. The van der Waals surface area contributed by atoms with Crippen LogP contribution in [-0.4, -0.2) is 25.6 Å². The third-order valence-electron chi connectivity index (χ3n) is 3.33. The summed E-state index contributed by atoms with van der Waals surface area (Å²) in [5, 5.41) is 3.45. The molecule has 0 atom stereocenters. The van der Waals surface area contributed by atoms with Crippen LogP contribution in [0.25, 0.3) is 5.95 Å². The lowest BCUT2D eigenvalue weighted by atomic mass is 10.3. The second-order valence-corrected chi connectivity index (χ2v) is 4.83. The van der Waals surface area contributed by atoms with Gasteiger partial charge < -0.3 is 5.32 Å². The van der Waals surface area contributed by atoms with E-state index in [1.54, 1.807) is 6.33 Å². The van der Waals surface area contributed by atoms with E-state index < -0.39 is 0 Å². The van der Waals surface area contributed by atoms with Gasteiger partial charge in [-0.05, 0) is 26.7 Å². The molecule has 5 nitrogen and oxygen atoms in total. The summed E-state index contributed by atoms with van der Waals surface area (Å²) in [7, 11) is 0. The predicted octanol–water partition coefficient (Wildman–Crippen LogP) is 1.53. The van der Waals surface area contributed by atoms with Crippen LogP contribution in [0.2, 0.25) is 0 Å². The molecular formula is C13H17N5. The molecule has 94 valence electrons. The van der Waals surface area contributed by atoms with Crippen molar-refractivity contribution in [1.82, 2.24) is 24.8 Å². The van der Waals surface area contributed by atoms with Crippen molar-refractivity contribution in [3.8, 4) is 5.95 Å². The van der Waals surface area contributed by atoms with Crippen LogP contribution in [0.3, 0.4) is 0 Å². The zero-order chi connectivity index (χ0) is 12.5. The summed E-state index contributed by atoms with van der Waals surface area (Å²) in [6, 6.07) is 0.711. The summed E-state index contributed by atoms with van der Waals surface area (Å²) < 4.78 is 1.91. The highest BCUT2D eigenvalue weighted by Gasteiger charge is 2.20. The highest BCUT2D eigenvalue weighted by atomic mass is 15.2. The maximum absolute atomic E-state index is 4.39. The van der Waals surface area contributed by atoms with E-state index in [1.165, 1.54) is 12.8 Å². The summed E-state index contributed by atoms with van der Waals surface area (Å²) in [6.45, 7) is 4.86. The van der Waals surface area contributed by atoms with Gasteiger partial charge in [0.1, 0.15) is 6.33 Å². The smallest absolute Gasteiger partial charge is 0.235 e. The number of imidazole rings is 1. The fraction of sp³-hybridized carbons (Fsp3) is 0.462. The quantitative estimate of drug-likeness (QED) is 0.884. The van der Waals surface area contributed by atoms with Crippen molar-refractivity contribution in [2.45, 2.75) is 39.3 Å². The molecular weight excluding hydrogens is 226 g/mol. The molecule has 0 radical (unpaired) electrons. The molecule has 0 aliphatic heterocycles. The Labute approximate surface area is 106 Å². The van der Waals surface area contributed by atoms with E-state index in [0.29, 0.717) is 12.0 Å². The molecule has 1 N–H and O–H groups in total. The molecule has 0 spiro atoms. The van der Waals surface area contributed by atoms with Crippen LogP contribution in [-0.2, 0) is 6.54 Å². The van der Waals surface area contributed by atoms with Crippen molar-refractivity contribution in [3.63, 3.8) is 0 Å². The maximum atomic E-state index is 4.39. The van der Waals surface area contributed by atoms with Gasteiger partial charge in [-0.1, -0.05) is 0 Å². The molecule has 2 aromatic rings. The van der Waals surface area contributed by atoms with Gasteiger partial charge in [-0.3, -0.25) is 4.57 Å². The SMILES string of the molecule is Cc1ncn(-c2ncc(CNC3CC3)cn2)c1C. The zero-order valence-electron chi connectivity index (χ0n) is 10.7. The van der Waals surface area contributed by atoms with Crippen molar-refractivity contribution in [1.29, 1.82) is 0 Å². The minimum absolute atomic E-state index is 0.684. The number of hydrogen-bond acceptors (Lipinski definition) is 4. The lowest BCUT2D eigenvalue weighted by molar-refractivity contribution is 0.682. The van der Waals surface area contributed by atoms with Gasteiger partial charge >= 0.3 is 0 Å². The third kappa shape index (κ3) is 2.26. The number of aromatic nitrogens is 4. The van der Waals surface area contributed by atoms with Gasteiger partial charge in [0, 0.05) is 36.2 Å². The van der Waals surface area contributed by atoms with Gasteiger partial charge in [-0.2, -0.15) is 0 Å². The van der Waals surface area contributed by atoms with Crippen molar-refractivity contribution in [3.05, 3.63) is 35.7 Å². The fourth-order valence-corrected chi connectivity index (χ4v) is 1.81. The Morgan fingerprint density at radius 1 is 1.22 bits per heavy atom. The third-order valence-corrected chi connectivity index (χ3v) is 3.33. The number of aryl methyl sites for hydroxylation is 1. The summed E-state index contributed by atoms with van der Waals surface area (Å²) >= 11 is 0. The van der Waals surface area contributed by atoms with Gasteiger partial charge in [0.2, 0.25) is 5.95 Å². The Kier molecular flexibility index (Phi) is 2.83. The number of hydrogen-bond donors (Lipinski definition) is 1.